The van der Waals surface area contributed by atoms with E-state index in [1.54, 1.807) is 29.9 Å². The molecule has 1 fully saturated rings. The van der Waals surface area contributed by atoms with Crippen molar-refractivity contribution in [3.63, 3.8) is 0 Å². The maximum atomic E-state index is 12.4. The zero-order valence-corrected chi connectivity index (χ0v) is 18.2. The lowest BCUT2D eigenvalue weighted by molar-refractivity contribution is 0.0946. The summed E-state index contributed by atoms with van der Waals surface area (Å²) in [6.45, 7) is 2.52. The van der Waals surface area contributed by atoms with Crippen molar-refractivity contribution in [1.82, 2.24) is 25.3 Å². The Morgan fingerprint density at radius 3 is 2.77 bits per heavy atom. The first kappa shape index (κ1) is 21.1. The molecule has 162 valence electrons. The van der Waals surface area contributed by atoms with E-state index in [9.17, 15) is 13.2 Å². The maximum absolute atomic E-state index is 12.4. The second-order valence-corrected chi connectivity index (χ2v) is 9.67. The molecule has 1 aliphatic carbocycles. The molecule has 1 aliphatic rings. The lowest BCUT2D eigenvalue weighted by Crippen LogP contribution is -2.23. The summed E-state index contributed by atoms with van der Waals surface area (Å²) in [4.78, 5) is 29.2. The van der Waals surface area contributed by atoms with E-state index < -0.39 is 10.0 Å². The van der Waals surface area contributed by atoms with Crippen LogP contribution in [0.5, 0.6) is 5.88 Å². The molecule has 10 nitrogen and oxygen atoms in total. The van der Waals surface area contributed by atoms with Gasteiger partial charge in [0.25, 0.3) is 5.91 Å². The number of hydrogen-bond acceptors (Lipinski definition) is 9. The molecule has 0 aromatic carbocycles. The average Bonchev–Trinajstić information content (AvgIpc) is 3.55. The number of sulfonamides is 1. The highest BCUT2D eigenvalue weighted by Gasteiger charge is 2.36. The Kier molecular flexibility index (Phi) is 6.09. The minimum Gasteiger partial charge on any atom is -0.477 e. The van der Waals surface area contributed by atoms with Gasteiger partial charge < -0.3 is 10.1 Å². The Balaban J connectivity index is 1.34. The number of hydrogen-bond donors (Lipinski definition) is 2. The summed E-state index contributed by atoms with van der Waals surface area (Å²) in [6.07, 6.45) is 6.03. The van der Waals surface area contributed by atoms with Crippen LogP contribution >= 0.6 is 11.3 Å². The molecule has 31 heavy (non-hydrogen) atoms. The van der Waals surface area contributed by atoms with Gasteiger partial charge >= 0.3 is 0 Å². The zero-order chi connectivity index (χ0) is 21.8. The predicted molar refractivity (Wildman–Crippen MR) is 115 cm³/mol. The standard InChI is InChI=1S/C19H20N6O4S2/c1-2-29-17-9-20-8-15(23-17)12-3-6-14(21-7-12)19(26)22-10-18-24-16(11-30-18)25-31(27,28)13-4-5-13/h3,6-9,11,13,25H,2,4-5,10H2,1H3,(H,22,26). The number of carbonyl (C=O) groups excluding carboxylic acids is 1. The molecule has 3 heterocycles. The highest BCUT2D eigenvalue weighted by Crippen LogP contribution is 2.30. The molecule has 1 saturated carbocycles. The van der Waals surface area contributed by atoms with E-state index in [-0.39, 0.29) is 29.2 Å². The second kappa shape index (κ2) is 8.94. The van der Waals surface area contributed by atoms with Gasteiger partial charge in [0.2, 0.25) is 15.9 Å². The Morgan fingerprint density at radius 2 is 2.06 bits per heavy atom. The number of ether oxygens (including phenoxy) is 1. The number of rotatable bonds is 9. The minimum absolute atomic E-state index is 0.167. The second-order valence-electron chi connectivity index (χ2n) is 6.76. The van der Waals surface area contributed by atoms with E-state index in [0.717, 1.165) is 0 Å². The number of anilines is 1. The van der Waals surface area contributed by atoms with Crippen LogP contribution in [0.2, 0.25) is 0 Å². The summed E-state index contributed by atoms with van der Waals surface area (Å²) >= 11 is 1.26. The molecular weight excluding hydrogens is 440 g/mol. The molecule has 1 amide bonds. The van der Waals surface area contributed by atoms with Crippen LogP contribution in [-0.2, 0) is 16.6 Å². The van der Waals surface area contributed by atoms with Gasteiger partial charge in [0.05, 0.1) is 36.5 Å². The lowest BCUT2D eigenvalue weighted by atomic mass is 10.2. The van der Waals surface area contributed by atoms with Gasteiger partial charge in [-0.2, -0.15) is 0 Å². The minimum atomic E-state index is -3.35. The van der Waals surface area contributed by atoms with E-state index in [2.05, 4.69) is 30.0 Å². The van der Waals surface area contributed by atoms with Gasteiger partial charge in [0.1, 0.15) is 10.7 Å². The van der Waals surface area contributed by atoms with Crippen LogP contribution in [-0.4, -0.2) is 46.1 Å². The van der Waals surface area contributed by atoms with Crippen LogP contribution < -0.4 is 14.8 Å². The Labute approximate surface area is 183 Å². The van der Waals surface area contributed by atoms with Crippen LogP contribution in [0.3, 0.4) is 0 Å². The number of pyridine rings is 1. The summed E-state index contributed by atoms with van der Waals surface area (Å²) in [5, 5.41) is 4.61. The number of amides is 1. The largest absolute Gasteiger partial charge is 0.477 e. The third kappa shape index (κ3) is 5.33. The molecule has 0 aliphatic heterocycles. The molecule has 0 unspecified atom stereocenters. The van der Waals surface area contributed by atoms with Gasteiger partial charge in [-0.25, -0.2) is 18.4 Å². The number of nitrogens with zero attached hydrogens (tertiary/aromatic N) is 4. The highest BCUT2D eigenvalue weighted by molar-refractivity contribution is 7.93. The van der Waals surface area contributed by atoms with E-state index in [1.165, 1.54) is 17.5 Å². The Hall–Kier alpha value is -3.12. The summed E-state index contributed by atoms with van der Waals surface area (Å²) in [7, 11) is -3.35. The summed E-state index contributed by atoms with van der Waals surface area (Å²) in [5.74, 6) is 0.332. The molecule has 0 spiro atoms. The molecule has 0 bridgehead atoms. The van der Waals surface area contributed by atoms with Gasteiger partial charge in [-0.3, -0.25) is 19.5 Å². The quantitative estimate of drug-likeness (QED) is 0.496. The molecular formula is C19H20N6O4S2. The third-order valence-electron chi connectivity index (χ3n) is 4.36. The van der Waals surface area contributed by atoms with Crippen molar-refractivity contribution in [3.05, 3.63) is 46.8 Å². The van der Waals surface area contributed by atoms with E-state index >= 15 is 0 Å². The predicted octanol–water partition coefficient (Wildman–Crippen LogP) is 2.23. The molecule has 0 saturated heterocycles. The number of carbonyl (C=O) groups is 1. The van der Waals surface area contributed by atoms with Crippen LogP contribution in [0.4, 0.5) is 5.82 Å². The van der Waals surface area contributed by atoms with Crippen molar-refractivity contribution in [2.75, 3.05) is 11.3 Å². The first-order chi connectivity index (χ1) is 14.9. The van der Waals surface area contributed by atoms with Crippen molar-refractivity contribution < 1.29 is 17.9 Å². The van der Waals surface area contributed by atoms with Crippen molar-refractivity contribution >= 4 is 33.1 Å². The number of aromatic nitrogens is 4. The van der Waals surface area contributed by atoms with Crippen molar-refractivity contribution in [3.8, 4) is 17.1 Å². The molecule has 0 atom stereocenters. The van der Waals surface area contributed by atoms with Gasteiger partial charge in [0.15, 0.2) is 5.82 Å². The maximum Gasteiger partial charge on any atom is 0.270 e. The van der Waals surface area contributed by atoms with Crippen molar-refractivity contribution in [2.24, 2.45) is 0 Å². The summed E-state index contributed by atoms with van der Waals surface area (Å²) in [5.41, 5.74) is 1.54. The zero-order valence-electron chi connectivity index (χ0n) is 16.6. The Bertz CT molecular complexity index is 1180. The number of nitrogens with one attached hydrogen (secondary N) is 2. The van der Waals surface area contributed by atoms with Crippen LogP contribution in [0, 0.1) is 0 Å². The first-order valence-electron chi connectivity index (χ1n) is 9.60. The van der Waals surface area contributed by atoms with Gasteiger partial charge in [-0.1, -0.05) is 0 Å². The SMILES string of the molecule is CCOc1cncc(-c2ccc(C(=O)NCc3nc(NS(=O)(=O)C4CC4)cs3)nc2)n1. The fourth-order valence-electron chi connectivity index (χ4n) is 2.68. The van der Waals surface area contributed by atoms with Crippen LogP contribution in [0.15, 0.2) is 36.1 Å². The van der Waals surface area contributed by atoms with Crippen molar-refractivity contribution in [1.29, 1.82) is 0 Å². The van der Waals surface area contributed by atoms with Gasteiger partial charge in [0, 0.05) is 17.1 Å². The number of thiazole rings is 1. The summed E-state index contributed by atoms with van der Waals surface area (Å²) < 4.78 is 31.8. The monoisotopic (exact) mass is 460 g/mol. The molecule has 2 N–H and O–H groups in total. The van der Waals surface area contributed by atoms with Crippen LogP contribution in [0.1, 0.15) is 35.3 Å². The molecule has 3 aromatic rings. The van der Waals surface area contributed by atoms with Gasteiger partial charge in [-0.05, 0) is 31.9 Å². The van der Waals surface area contributed by atoms with Crippen molar-refractivity contribution in [2.45, 2.75) is 31.6 Å². The molecule has 12 heteroatoms. The molecule has 4 rings (SSSR count). The van der Waals surface area contributed by atoms with E-state index in [0.29, 0.717) is 41.6 Å². The lowest BCUT2D eigenvalue weighted by Gasteiger charge is -2.06. The average molecular weight is 461 g/mol. The normalized spacial score (nSPS) is 13.6. The molecule has 3 aromatic heterocycles. The fourth-order valence-corrected chi connectivity index (χ4v) is 4.74. The van der Waals surface area contributed by atoms with E-state index in [1.807, 2.05) is 6.92 Å². The third-order valence-corrected chi connectivity index (χ3v) is 7.05. The van der Waals surface area contributed by atoms with Gasteiger partial charge in [-0.15, -0.1) is 11.3 Å². The summed E-state index contributed by atoms with van der Waals surface area (Å²) in [6, 6.07) is 3.33. The van der Waals surface area contributed by atoms with E-state index in [4.69, 9.17) is 4.74 Å². The first-order valence-corrected chi connectivity index (χ1v) is 12.0. The van der Waals surface area contributed by atoms with Crippen LogP contribution in [0.25, 0.3) is 11.3 Å². The molecule has 0 radical (unpaired) electrons. The highest BCUT2D eigenvalue weighted by atomic mass is 32.2. The topological polar surface area (TPSA) is 136 Å². The fraction of sp³-hybridized carbons (Fsp3) is 0.316. The smallest absolute Gasteiger partial charge is 0.270 e. The Morgan fingerprint density at radius 1 is 1.23 bits per heavy atom.